The number of methoxy groups -OCH3 is 2. The summed E-state index contributed by atoms with van der Waals surface area (Å²) in [5.74, 6) is 1.46. The largest absolute Gasteiger partial charge is 0.497 e. The van der Waals surface area contributed by atoms with Gasteiger partial charge < -0.3 is 9.47 Å². The summed E-state index contributed by atoms with van der Waals surface area (Å²) in [7, 11) is 3.34. The molecule has 0 aromatic heterocycles. The van der Waals surface area contributed by atoms with Gasteiger partial charge in [-0.05, 0) is 43.1 Å². The molecular weight excluding hydrogens is 317 g/mol. The smallest absolute Gasteiger partial charge is 0.127 e. The van der Waals surface area contributed by atoms with Crippen LogP contribution in [-0.2, 0) is 6.54 Å². The Hall–Kier alpha value is -2.07. The van der Waals surface area contributed by atoms with Crippen LogP contribution in [-0.4, -0.2) is 25.7 Å². The van der Waals surface area contributed by atoms with E-state index in [2.05, 4.69) is 11.0 Å². The van der Waals surface area contributed by atoms with E-state index in [1.807, 2.05) is 24.3 Å². The van der Waals surface area contributed by atoms with Gasteiger partial charge in [-0.15, -0.1) is 0 Å². The Morgan fingerprint density at radius 2 is 1.92 bits per heavy atom. The van der Waals surface area contributed by atoms with Gasteiger partial charge in [0.05, 0.1) is 14.2 Å². The molecule has 0 amide bonds. The second-order valence-corrected chi connectivity index (χ2v) is 6.57. The Morgan fingerprint density at radius 3 is 2.68 bits per heavy atom. The SMILES string of the molecule is COc1ccc(CN2CCCCCC2c2cccc(F)c2)c(OC)c1. The molecule has 25 heavy (non-hydrogen) atoms. The van der Waals surface area contributed by atoms with Gasteiger partial charge in [0.2, 0.25) is 0 Å². The molecule has 0 radical (unpaired) electrons. The Labute approximate surface area is 149 Å². The molecule has 1 heterocycles. The van der Waals surface area contributed by atoms with Crippen LogP contribution in [0.4, 0.5) is 4.39 Å². The zero-order valence-corrected chi connectivity index (χ0v) is 15.0. The van der Waals surface area contributed by atoms with Gasteiger partial charge in [0, 0.05) is 24.2 Å². The van der Waals surface area contributed by atoms with Gasteiger partial charge in [0.25, 0.3) is 0 Å². The van der Waals surface area contributed by atoms with E-state index >= 15 is 0 Å². The van der Waals surface area contributed by atoms with Crippen LogP contribution < -0.4 is 9.47 Å². The molecule has 2 aromatic rings. The molecule has 134 valence electrons. The lowest BCUT2D eigenvalue weighted by molar-refractivity contribution is 0.189. The third-order valence-corrected chi connectivity index (χ3v) is 4.96. The molecule has 4 heteroatoms. The average molecular weight is 343 g/mol. The zero-order chi connectivity index (χ0) is 17.6. The number of hydrogen-bond donors (Lipinski definition) is 0. The fourth-order valence-electron chi connectivity index (χ4n) is 3.65. The first-order valence-corrected chi connectivity index (χ1v) is 8.91. The molecule has 0 N–H and O–H groups in total. The highest BCUT2D eigenvalue weighted by molar-refractivity contribution is 5.40. The van der Waals surface area contributed by atoms with Crippen LogP contribution in [0, 0.1) is 5.82 Å². The predicted molar refractivity (Wildman–Crippen MR) is 97.6 cm³/mol. The second-order valence-electron chi connectivity index (χ2n) is 6.57. The number of halogens is 1. The highest BCUT2D eigenvalue weighted by Gasteiger charge is 2.24. The molecule has 3 rings (SSSR count). The zero-order valence-electron chi connectivity index (χ0n) is 15.0. The Kier molecular flexibility index (Phi) is 5.92. The van der Waals surface area contributed by atoms with Crippen LogP contribution in [0.25, 0.3) is 0 Å². The van der Waals surface area contributed by atoms with Crippen molar-refractivity contribution < 1.29 is 13.9 Å². The van der Waals surface area contributed by atoms with Crippen LogP contribution in [0.2, 0.25) is 0 Å². The fraction of sp³-hybridized carbons (Fsp3) is 0.429. The molecule has 3 nitrogen and oxygen atoms in total. The van der Waals surface area contributed by atoms with Crippen LogP contribution in [0.15, 0.2) is 42.5 Å². The number of ether oxygens (including phenoxy) is 2. The first kappa shape index (κ1) is 17.7. The van der Waals surface area contributed by atoms with Crippen molar-refractivity contribution in [3.8, 4) is 11.5 Å². The number of nitrogens with zero attached hydrogens (tertiary/aromatic N) is 1. The van der Waals surface area contributed by atoms with E-state index in [1.54, 1.807) is 20.3 Å². The molecule has 1 fully saturated rings. The fourth-order valence-corrected chi connectivity index (χ4v) is 3.65. The van der Waals surface area contributed by atoms with E-state index in [4.69, 9.17) is 9.47 Å². The van der Waals surface area contributed by atoms with Crippen molar-refractivity contribution in [1.82, 2.24) is 4.90 Å². The van der Waals surface area contributed by atoms with Gasteiger partial charge in [0.1, 0.15) is 17.3 Å². The molecule has 2 aromatic carbocycles. The standard InChI is InChI=1S/C21H26FNO2/c1-24-19-11-10-17(21(14-19)25-2)15-23-12-5-3-4-9-20(23)16-7-6-8-18(22)13-16/h6-8,10-11,13-14,20H,3-5,9,12,15H2,1-2H3. The summed E-state index contributed by atoms with van der Waals surface area (Å²) < 4.78 is 24.6. The summed E-state index contributed by atoms with van der Waals surface area (Å²) in [6, 6.07) is 13.2. The van der Waals surface area contributed by atoms with Gasteiger partial charge in [-0.25, -0.2) is 4.39 Å². The average Bonchev–Trinajstić information content (AvgIpc) is 2.87. The number of benzene rings is 2. The summed E-state index contributed by atoms with van der Waals surface area (Å²) in [5.41, 5.74) is 2.20. The first-order chi connectivity index (χ1) is 12.2. The van der Waals surface area contributed by atoms with Crippen LogP contribution in [0.1, 0.15) is 42.9 Å². The molecule has 1 unspecified atom stereocenters. The molecule has 1 aliphatic rings. The lowest BCUT2D eigenvalue weighted by Gasteiger charge is -2.31. The van der Waals surface area contributed by atoms with E-state index in [0.717, 1.165) is 42.1 Å². The Bertz CT molecular complexity index is 704. The molecular formula is C21H26FNO2. The summed E-state index contributed by atoms with van der Waals surface area (Å²) in [5, 5.41) is 0. The maximum Gasteiger partial charge on any atom is 0.127 e. The molecule has 0 aliphatic carbocycles. The van der Waals surface area contributed by atoms with Crippen molar-refractivity contribution in [2.75, 3.05) is 20.8 Å². The van der Waals surface area contributed by atoms with E-state index in [1.165, 1.54) is 25.3 Å². The van der Waals surface area contributed by atoms with Gasteiger partial charge in [0.15, 0.2) is 0 Å². The van der Waals surface area contributed by atoms with E-state index in [-0.39, 0.29) is 11.9 Å². The first-order valence-electron chi connectivity index (χ1n) is 8.91. The number of hydrogen-bond acceptors (Lipinski definition) is 3. The predicted octanol–water partition coefficient (Wildman–Crippen LogP) is 4.96. The van der Waals surface area contributed by atoms with Gasteiger partial charge in [-0.2, -0.15) is 0 Å². The van der Waals surface area contributed by atoms with E-state index in [9.17, 15) is 4.39 Å². The Balaban J connectivity index is 1.87. The number of likely N-dealkylation sites (tertiary alicyclic amines) is 1. The molecule has 0 bridgehead atoms. The number of rotatable bonds is 5. The van der Waals surface area contributed by atoms with Gasteiger partial charge in [-0.3, -0.25) is 4.90 Å². The molecule has 0 saturated carbocycles. The molecule has 0 spiro atoms. The van der Waals surface area contributed by atoms with Crippen LogP contribution >= 0.6 is 0 Å². The van der Waals surface area contributed by atoms with Crippen molar-refractivity contribution in [3.63, 3.8) is 0 Å². The summed E-state index contributed by atoms with van der Waals surface area (Å²) in [4.78, 5) is 2.45. The third-order valence-electron chi connectivity index (χ3n) is 4.96. The summed E-state index contributed by atoms with van der Waals surface area (Å²) >= 11 is 0. The normalized spacial score (nSPS) is 18.6. The Morgan fingerprint density at radius 1 is 1.04 bits per heavy atom. The third kappa shape index (κ3) is 4.31. The van der Waals surface area contributed by atoms with E-state index in [0.29, 0.717) is 0 Å². The maximum absolute atomic E-state index is 13.7. The highest BCUT2D eigenvalue weighted by Crippen LogP contribution is 2.34. The monoisotopic (exact) mass is 343 g/mol. The van der Waals surface area contributed by atoms with E-state index < -0.39 is 0 Å². The minimum atomic E-state index is -0.163. The summed E-state index contributed by atoms with van der Waals surface area (Å²) in [6.45, 7) is 1.80. The molecule has 1 saturated heterocycles. The van der Waals surface area contributed by atoms with Crippen LogP contribution in [0.3, 0.4) is 0 Å². The van der Waals surface area contributed by atoms with Crippen molar-refractivity contribution >= 4 is 0 Å². The maximum atomic E-state index is 13.7. The van der Waals surface area contributed by atoms with Gasteiger partial charge >= 0.3 is 0 Å². The highest BCUT2D eigenvalue weighted by atomic mass is 19.1. The van der Waals surface area contributed by atoms with Crippen LogP contribution in [0.5, 0.6) is 11.5 Å². The minimum absolute atomic E-state index is 0.163. The minimum Gasteiger partial charge on any atom is -0.497 e. The molecule has 1 aliphatic heterocycles. The van der Waals surface area contributed by atoms with Crippen molar-refractivity contribution in [2.45, 2.75) is 38.3 Å². The lowest BCUT2D eigenvalue weighted by atomic mass is 10.00. The topological polar surface area (TPSA) is 21.7 Å². The molecule has 1 atom stereocenters. The second kappa shape index (κ2) is 8.34. The van der Waals surface area contributed by atoms with Crippen molar-refractivity contribution in [3.05, 3.63) is 59.4 Å². The van der Waals surface area contributed by atoms with Crippen molar-refractivity contribution in [2.24, 2.45) is 0 Å². The van der Waals surface area contributed by atoms with Gasteiger partial charge in [-0.1, -0.05) is 31.0 Å². The van der Waals surface area contributed by atoms with Crippen molar-refractivity contribution in [1.29, 1.82) is 0 Å². The quantitative estimate of drug-likeness (QED) is 0.766. The lowest BCUT2D eigenvalue weighted by Crippen LogP contribution is -2.28. The summed E-state index contributed by atoms with van der Waals surface area (Å²) in [6.07, 6.45) is 4.63.